The van der Waals surface area contributed by atoms with Crippen LogP contribution in [0.25, 0.3) is 0 Å². The highest BCUT2D eigenvalue weighted by Gasteiger charge is 2.50. The van der Waals surface area contributed by atoms with Gasteiger partial charge in [0.25, 0.3) is 0 Å². The Kier molecular flexibility index (Phi) is 49.5. The summed E-state index contributed by atoms with van der Waals surface area (Å²) in [6.45, 7) is 5.72. The molecule has 0 spiro atoms. The number of rotatable bonds is 51. The molecular formula is C67H108O12. The smallest absolute Gasteiger partial charge is 0.335 e. The number of carbonyl (C=O) groups is 4. The van der Waals surface area contributed by atoms with E-state index in [0.29, 0.717) is 19.3 Å². The van der Waals surface area contributed by atoms with Crippen LogP contribution >= 0.6 is 0 Å². The van der Waals surface area contributed by atoms with Crippen molar-refractivity contribution in [3.8, 4) is 0 Å². The Morgan fingerprint density at radius 1 is 0.430 bits per heavy atom. The van der Waals surface area contributed by atoms with E-state index < -0.39 is 67.3 Å². The first-order valence-electron chi connectivity index (χ1n) is 30.9. The molecule has 0 radical (unpaired) electrons. The van der Waals surface area contributed by atoms with Crippen molar-refractivity contribution in [3.63, 3.8) is 0 Å². The Bertz CT molecular complexity index is 1790. The molecule has 1 saturated heterocycles. The van der Waals surface area contributed by atoms with E-state index in [2.05, 4.69) is 130 Å². The van der Waals surface area contributed by atoms with Crippen molar-refractivity contribution in [3.05, 3.63) is 109 Å². The van der Waals surface area contributed by atoms with Crippen LogP contribution in [0, 0.1) is 0 Å². The normalized spacial score (nSPS) is 18.6. The third kappa shape index (κ3) is 43.8. The first-order chi connectivity index (χ1) is 38.6. The van der Waals surface area contributed by atoms with Gasteiger partial charge in [0.05, 0.1) is 6.61 Å². The summed E-state index contributed by atoms with van der Waals surface area (Å²) in [5, 5.41) is 31.5. The molecule has 1 rings (SSSR count). The lowest BCUT2D eigenvalue weighted by atomic mass is 9.98. The highest BCUT2D eigenvalue weighted by molar-refractivity contribution is 5.74. The third-order valence-corrected chi connectivity index (χ3v) is 13.3. The van der Waals surface area contributed by atoms with Gasteiger partial charge in [-0.05, 0) is 122 Å². The zero-order valence-corrected chi connectivity index (χ0v) is 49.3. The van der Waals surface area contributed by atoms with Crippen molar-refractivity contribution in [1.29, 1.82) is 0 Å². The molecule has 6 unspecified atom stereocenters. The first-order valence-corrected chi connectivity index (χ1v) is 30.9. The minimum Gasteiger partial charge on any atom is -0.479 e. The number of aliphatic hydroxyl groups excluding tert-OH is 2. The fourth-order valence-corrected chi connectivity index (χ4v) is 8.64. The van der Waals surface area contributed by atoms with Gasteiger partial charge in [-0.2, -0.15) is 0 Å². The average molecular weight is 1110 g/mol. The fourth-order valence-electron chi connectivity index (χ4n) is 8.64. The molecule has 79 heavy (non-hydrogen) atoms. The van der Waals surface area contributed by atoms with Crippen molar-refractivity contribution in [2.24, 2.45) is 0 Å². The van der Waals surface area contributed by atoms with E-state index in [1.807, 2.05) is 0 Å². The van der Waals surface area contributed by atoms with Gasteiger partial charge < -0.3 is 39.0 Å². The standard InChI is InChI=1S/C67H108O12/c1-4-7-10-13-16-19-22-25-28-30-33-35-38-41-44-47-50-53-59(68)75-56-58(77-60(69)54-51-48-45-42-39-36-32-27-24-21-18-15-12-9-6-3)57-76-67-65(63(72)62(71)64(79-67)66(73)74)78-61(70)55-52-49-46-43-40-37-34-31-29-26-23-20-17-14-11-8-5-2/h7-8,10-11,16-21,25-29,32,34,37,58,62-65,67,71-72H,4-6,9,12-15,22-24,30-31,33,35-36,38-57H2,1-3H3,(H,73,74)/b10-7-,11-8-,19-16-,20-17-,21-18-,28-25-,29-26-,32-27-,37-34-. The lowest BCUT2D eigenvalue weighted by Crippen LogP contribution is -2.61. The summed E-state index contributed by atoms with van der Waals surface area (Å²) in [5.41, 5.74) is 0. The van der Waals surface area contributed by atoms with Gasteiger partial charge in [0.2, 0.25) is 0 Å². The minimum absolute atomic E-state index is 0.0248. The molecule has 1 aliphatic heterocycles. The molecule has 448 valence electrons. The molecule has 6 atom stereocenters. The summed E-state index contributed by atoms with van der Waals surface area (Å²) in [7, 11) is 0. The van der Waals surface area contributed by atoms with E-state index in [1.54, 1.807) is 0 Å². The molecule has 1 heterocycles. The Morgan fingerprint density at radius 3 is 1.22 bits per heavy atom. The van der Waals surface area contributed by atoms with Crippen LogP contribution in [0.5, 0.6) is 0 Å². The molecule has 0 saturated carbocycles. The number of hydrogen-bond donors (Lipinski definition) is 3. The van der Waals surface area contributed by atoms with E-state index in [9.17, 15) is 34.5 Å². The number of aliphatic carboxylic acids is 1. The van der Waals surface area contributed by atoms with Crippen LogP contribution in [-0.4, -0.2) is 89.2 Å². The van der Waals surface area contributed by atoms with Crippen LogP contribution in [-0.2, 0) is 42.9 Å². The van der Waals surface area contributed by atoms with E-state index in [1.165, 1.54) is 25.7 Å². The Balaban J connectivity index is 2.71. The molecule has 12 heteroatoms. The predicted molar refractivity (Wildman–Crippen MR) is 321 cm³/mol. The number of allylic oxidation sites excluding steroid dienone is 18. The summed E-state index contributed by atoms with van der Waals surface area (Å²) < 4.78 is 28.4. The second-order valence-electron chi connectivity index (χ2n) is 20.6. The van der Waals surface area contributed by atoms with Crippen molar-refractivity contribution >= 4 is 23.9 Å². The summed E-state index contributed by atoms with van der Waals surface area (Å²) >= 11 is 0. The molecule has 0 aromatic carbocycles. The Labute approximate surface area is 478 Å². The molecule has 1 aliphatic rings. The molecule has 0 aromatic rings. The van der Waals surface area contributed by atoms with Gasteiger partial charge in [0.15, 0.2) is 24.6 Å². The molecule has 12 nitrogen and oxygen atoms in total. The topological polar surface area (TPSA) is 175 Å². The van der Waals surface area contributed by atoms with Crippen LogP contribution in [0.3, 0.4) is 0 Å². The maximum atomic E-state index is 13.2. The largest absolute Gasteiger partial charge is 0.479 e. The maximum absolute atomic E-state index is 13.2. The van der Waals surface area contributed by atoms with Crippen LogP contribution in [0.4, 0.5) is 0 Å². The third-order valence-electron chi connectivity index (χ3n) is 13.3. The van der Waals surface area contributed by atoms with Crippen molar-refractivity contribution in [2.75, 3.05) is 13.2 Å². The van der Waals surface area contributed by atoms with Crippen LogP contribution in [0.2, 0.25) is 0 Å². The molecule has 0 bridgehead atoms. The molecule has 0 aliphatic carbocycles. The zero-order chi connectivity index (χ0) is 57.5. The second-order valence-corrected chi connectivity index (χ2v) is 20.6. The van der Waals surface area contributed by atoms with E-state index in [4.69, 9.17) is 23.7 Å². The van der Waals surface area contributed by atoms with Gasteiger partial charge in [0.1, 0.15) is 18.8 Å². The maximum Gasteiger partial charge on any atom is 0.335 e. The van der Waals surface area contributed by atoms with E-state index in [-0.39, 0.29) is 25.9 Å². The number of carboxylic acid groups (broad SMARTS) is 1. The lowest BCUT2D eigenvalue weighted by Gasteiger charge is -2.40. The van der Waals surface area contributed by atoms with Crippen LogP contribution < -0.4 is 0 Å². The quantitative estimate of drug-likeness (QED) is 0.0228. The van der Waals surface area contributed by atoms with Gasteiger partial charge in [-0.3, -0.25) is 14.4 Å². The van der Waals surface area contributed by atoms with Crippen molar-refractivity contribution in [1.82, 2.24) is 0 Å². The van der Waals surface area contributed by atoms with Gasteiger partial charge in [-0.25, -0.2) is 4.79 Å². The SMILES string of the molecule is CC/C=C\C/C=C\C/C=C\C/C=C\CCCCCCC(=O)OC1C(OCC(COC(=O)CCCCCCCCC/C=C\C/C=C\C/C=C\CC)OC(=O)CCCCCCC/C=C\C/C=C\CCCCC)OC(C(=O)O)C(O)C1O. The summed E-state index contributed by atoms with van der Waals surface area (Å²) in [6.07, 6.45) is 60.4. The van der Waals surface area contributed by atoms with Gasteiger partial charge in [-0.1, -0.05) is 207 Å². The number of aliphatic hydroxyl groups is 2. The van der Waals surface area contributed by atoms with Crippen LogP contribution in [0.15, 0.2) is 109 Å². The average Bonchev–Trinajstić information content (AvgIpc) is 3.43. The highest BCUT2D eigenvalue weighted by Crippen LogP contribution is 2.26. The first kappa shape index (κ1) is 72.4. The predicted octanol–water partition coefficient (Wildman–Crippen LogP) is 16.2. The Hall–Kier alpha value is -4.62. The number of carboxylic acids is 1. The molecular weight excluding hydrogens is 997 g/mol. The van der Waals surface area contributed by atoms with Crippen molar-refractivity contribution < 1.29 is 58.2 Å². The van der Waals surface area contributed by atoms with Gasteiger partial charge >= 0.3 is 23.9 Å². The monoisotopic (exact) mass is 1100 g/mol. The lowest BCUT2D eigenvalue weighted by molar-refractivity contribution is -0.301. The molecule has 0 amide bonds. The van der Waals surface area contributed by atoms with E-state index in [0.717, 1.165) is 154 Å². The number of unbranched alkanes of at least 4 members (excludes halogenated alkanes) is 19. The second kappa shape index (κ2) is 54.0. The Morgan fingerprint density at radius 2 is 0.797 bits per heavy atom. The minimum atomic E-state index is -1.92. The fraction of sp³-hybridized carbons (Fsp3) is 0.672. The molecule has 3 N–H and O–H groups in total. The zero-order valence-electron chi connectivity index (χ0n) is 49.3. The number of ether oxygens (including phenoxy) is 5. The highest BCUT2D eigenvalue weighted by atomic mass is 16.7. The van der Waals surface area contributed by atoms with Crippen LogP contribution in [0.1, 0.15) is 239 Å². The summed E-state index contributed by atoms with van der Waals surface area (Å²) in [4.78, 5) is 51.2. The van der Waals surface area contributed by atoms with E-state index >= 15 is 0 Å². The number of carbonyl (C=O) groups excluding carboxylic acids is 3. The molecule has 1 fully saturated rings. The number of esters is 3. The molecule has 0 aromatic heterocycles. The number of hydrogen-bond acceptors (Lipinski definition) is 11. The van der Waals surface area contributed by atoms with Gasteiger partial charge in [0, 0.05) is 19.3 Å². The summed E-state index contributed by atoms with van der Waals surface area (Å²) in [6, 6.07) is 0. The van der Waals surface area contributed by atoms with Gasteiger partial charge in [-0.15, -0.1) is 0 Å². The summed E-state index contributed by atoms with van der Waals surface area (Å²) in [5.74, 6) is -3.19. The van der Waals surface area contributed by atoms with Crippen molar-refractivity contribution in [2.45, 2.75) is 276 Å².